The van der Waals surface area contributed by atoms with Crippen LogP contribution in [0.2, 0.25) is 0 Å². The second-order valence-electron chi connectivity index (χ2n) is 9.56. The number of likely N-dealkylation sites (tertiary alicyclic amines) is 1. The Hall–Kier alpha value is -2.31. The average molecular weight is 438 g/mol. The molecule has 0 unspecified atom stereocenters. The normalized spacial score (nSPS) is 19.4. The van der Waals surface area contributed by atoms with Gasteiger partial charge in [-0.2, -0.15) is 4.37 Å². The van der Waals surface area contributed by atoms with E-state index >= 15 is 0 Å². The summed E-state index contributed by atoms with van der Waals surface area (Å²) in [5.74, 6) is 0.375. The van der Waals surface area contributed by atoms with E-state index in [1.54, 1.807) is 12.1 Å². The molecule has 5 rings (SSSR count). The summed E-state index contributed by atoms with van der Waals surface area (Å²) in [5.41, 5.74) is 4.57. The molecule has 0 spiro atoms. The molecular weight excluding hydrogens is 409 g/mol. The van der Waals surface area contributed by atoms with E-state index < -0.39 is 0 Å². The molecule has 4 nitrogen and oxygen atoms in total. The SMILES string of the molecule is CC1(C)CC(=O)Nc2ccc(CCN3CCC(c4nsc5cc(F)ccc45)CC3)cc21. The first kappa shape index (κ1) is 20.6. The molecule has 2 aliphatic heterocycles. The quantitative estimate of drug-likeness (QED) is 0.588. The topological polar surface area (TPSA) is 45.2 Å². The monoisotopic (exact) mass is 437 g/mol. The van der Waals surface area contributed by atoms with E-state index in [1.807, 2.05) is 6.07 Å². The van der Waals surface area contributed by atoms with Gasteiger partial charge in [0.1, 0.15) is 5.82 Å². The first-order valence-electron chi connectivity index (χ1n) is 11.1. The third-order valence-corrected chi connectivity index (χ3v) is 7.67. The van der Waals surface area contributed by atoms with Crippen LogP contribution in [0.3, 0.4) is 0 Å². The summed E-state index contributed by atoms with van der Waals surface area (Å²) in [6, 6.07) is 11.5. The van der Waals surface area contributed by atoms with Gasteiger partial charge in [0.05, 0.1) is 10.4 Å². The van der Waals surface area contributed by atoms with Crippen LogP contribution in [0.15, 0.2) is 36.4 Å². The second kappa shape index (κ2) is 7.99. The predicted octanol–water partition coefficient (Wildman–Crippen LogP) is 5.48. The molecule has 31 heavy (non-hydrogen) atoms. The van der Waals surface area contributed by atoms with Gasteiger partial charge in [0, 0.05) is 35.4 Å². The first-order valence-corrected chi connectivity index (χ1v) is 11.9. The van der Waals surface area contributed by atoms with Crippen molar-refractivity contribution in [2.75, 3.05) is 25.0 Å². The molecule has 2 aromatic carbocycles. The molecule has 0 aliphatic carbocycles. The zero-order chi connectivity index (χ0) is 21.6. The van der Waals surface area contributed by atoms with Crippen LogP contribution in [0.4, 0.5) is 10.1 Å². The van der Waals surface area contributed by atoms with E-state index in [-0.39, 0.29) is 17.1 Å². The van der Waals surface area contributed by atoms with Gasteiger partial charge in [0.25, 0.3) is 0 Å². The van der Waals surface area contributed by atoms with Crippen LogP contribution in [-0.4, -0.2) is 34.8 Å². The molecule has 0 radical (unpaired) electrons. The molecule has 1 amide bonds. The van der Waals surface area contributed by atoms with Crippen LogP contribution < -0.4 is 5.32 Å². The molecule has 1 aromatic heterocycles. The number of hydrogen-bond donors (Lipinski definition) is 1. The van der Waals surface area contributed by atoms with Gasteiger partial charge in [0.2, 0.25) is 5.91 Å². The van der Waals surface area contributed by atoms with E-state index in [0.717, 1.165) is 60.4 Å². The van der Waals surface area contributed by atoms with Crippen LogP contribution in [0.25, 0.3) is 10.1 Å². The van der Waals surface area contributed by atoms with Gasteiger partial charge >= 0.3 is 0 Å². The summed E-state index contributed by atoms with van der Waals surface area (Å²) in [6.07, 6.45) is 3.74. The number of benzene rings is 2. The maximum absolute atomic E-state index is 13.5. The zero-order valence-electron chi connectivity index (χ0n) is 18.1. The van der Waals surface area contributed by atoms with Crippen molar-refractivity contribution in [3.63, 3.8) is 0 Å². The molecule has 162 valence electrons. The van der Waals surface area contributed by atoms with E-state index in [9.17, 15) is 9.18 Å². The fourth-order valence-electron chi connectivity index (χ4n) is 5.05. The lowest BCUT2D eigenvalue weighted by Crippen LogP contribution is -2.35. The van der Waals surface area contributed by atoms with Crippen molar-refractivity contribution in [3.8, 4) is 0 Å². The third-order valence-electron chi connectivity index (χ3n) is 6.84. The van der Waals surface area contributed by atoms with Crippen molar-refractivity contribution in [3.05, 3.63) is 59.0 Å². The number of hydrogen-bond acceptors (Lipinski definition) is 4. The van der Waals surface area contributed by atoms with Gasteiger partial charge in [-0.05, 0) is 79.3 Å². The number of nitrogens with one attached hydrogen (secondary N) is 1. The van der Waals surface area contributed by atoms with Crippen molar-refractivity contribution >= 4 is 33.2 Å². The van der Waals surface area contributed by atoms with Crippen molar-refractivity contribution in [1.29, 1.82) is 0 Å². The highest BCUT2D eigenvalue weighted by Crippen LogP contribution is 2.38. The van der Waals surface area contributed by atoms with Crippen LogP contribution in [0.1, 0.15) is 55.8 Å². The Balaban J connectivity index is 1.20. The Bertz CT molecular complexity index is 1130. The van der Waals surface area contributed by atoms with Crippen molar-refractivity contribution in [2.45, 2.75) is 50.9 Å². The van der Waals surface area contributed by atoms with Crippen molar-refractivity contribution in [2.24, 2.45) is 0 Å². The van der Waals surface area contributed by atoms with Crippen molar-refractivity contribution < 1.29 is 9.18 Å². The second-order valence-corrected chi connectivity index (χ2v) is 10.4. The largest absolute Gasteiger partial charge is 0.326 e. The predicted molar refractivity (Wildman–Crippen MR) is 124 cm³/mol. The highest BCUT2D eigenvalue weighted by Gasteiger charge is 2.32. The number of halogens is 1. The fourth-order valence-corrected chi connectivity index (χ4v) is 5.93. The number of carbonyl (C=O) groups is 1. The fraction of sp³-hybridized carbons (Fsp3) is 0.440. The van der Waals surface area contributed by atoms with Crippen LogP contribution >= 0.6 is 11.5 Å². The number of aromatic nitrogens is 1. The molecule has 0 bridgehead atoms. The molecule has 1 fully saturated rings. The summed E-state index contributed by atoms with van der Waals surface area (Å²) in [6.45, 7) is 7.47. The molecular formula is C25H28FN3OS. The van der Waals surface area contributed by atoms with Gasteiger partial charge in [-0.15, -0.1) is 0 Å². The lowest BCUT2D eigenvalue weighted by atomic mass is 9.77. The summed E-state index contributed by atoms with van der Waals surface area (Å²) in [5, 5.41) is 4.13. The number of anilines is 1. The molecule has 6 heteroatoms. The highest BCUT2D eigenvalue weighted by molar-refractivity contribution is 7.13. The number of carbonyl (C=O) groups excluding carboxylic acids is 1. The average Bonchev–Trinajstić information content (AvgIpc) is 3.15. The minimum absolute atomic E-state index is 0.103. The number of piperidine rings is 1. The molecule has 1 N–H and O–H groups in total. The first-order chi connectivity index (χ1) is 14.9. The summed E-state index contributed by atoms with van der Waals surface area (Å²) >= 11 is 1.41. The number of fused-ring (bicyclic) bond motifs is 2. The van der Waals surface area contributed by atoms with Crippen LogP contribution in [-0.2, 0) is 16.6 Å². The van der Waals surface area contributed by atoms with E-state index in [0.29, 0.717) is 12.3 Å². The molecule has 3 heterocycles. The van der Waals surface area contributed by atoms with E-state index in [4.69, 9.17) is 0 Å². The number of rotatable bonds is 4. The highest BCUT2D eigenvalue weighted by atomic mass is 32.1. The Morgan fingerprint density at radius 1 is 1.19 bits per heavy atom. The number of nitrogens with zero attached hydrogens (tertiary/aromatic N) is 2. The van der Waals surface area contributed by atoms with Crippen molar-refractivity contribution in [1.82, 2.24) is 9.27 Å². The third kappa shape index (κ3) is 4.11. The Labute approximate surface area is 186 Å². The molecule has 0 atom stereocenters. The van der Waals surface area contributed by atoms with E-state index in [2.05, 4.69) is 46.6 Å². The minimum Gasteiger partial charge on any atom is -0.326 e. The maximum Gasteiger partial charge on any atom is 0.225 e. The summed E-state index contributed by atoms with van der Waals surface area (Å²) in [4.78, 5) is 14.5. The molecule has 2 aliphatic rings. The van der Waals surface area contributed by atoms with Crippen LogP contribution in [0.5, 0.6) is 0 Å². The van der Waals surface area contributed by atoms with Gasteiger partial charge in [-0.3, -0.25) is 4.79 Å². The summed E-state index contributed by atoms with van der Waals surface area (Å²) in [7, 11) is 0. The Morgan fingerprint density at radius 3 is 2.81 bits per heavy atom. The minimum atomic E-state index is -0.189. The lowest BCUT2D eigenvalue weighted by molar-refractivity contribution is -0.117. The molecule has 1 saturated heterocycles. The van der Waals surface area contributed by atoms with E-state index in [1.165, 1.54) is 22.7 Å². The number of amides is 1. The van der Waals surface area contributed by atoms with Crippen LogP contribution in [0, 0.1) is 5.82 Å². The van der Waals surface area contributed by atoms with Gasteiger partial charge in [0.15, 0.2) is 0 Å². The maximum atomic E-state index is 13.5. The molecule has 3 aromatic rings. The Morgan fingerprint density at radius 2 is 2.00 bits per heavy atom. The summed E-state index contributed by atoms with van der Waals surface area (Å²) < 4.78 is 19.1. The van der Waals surface area contributed by atoms with Gasteiger partial charge in [-0.25, -0.2) is 4.39 Å². The zero-order valence-corrected chi connectivity index (χ0v) is 18.9. The van der Waals surface area contributed by atoms with Gasteiger partial charge in [-0.1, -0.05) is 26.0 Å². The lowest BCUT2D eigenvalue weighted by Gasteiger charge is -2.33. The standard InChI is InChI=1S/C25H28FN3OS/c1-25(2)15-23(30)27-21-6-3-16(13-20(21)25)7-10-29-11-8-17(9-12-29)24-19-5-4-18(26)14-22(19)31-28-24/h3-6,13-14,17H,7-12,15H2,1-2H3,(H,27,30). The Kier molecular flexibility index (Phi) is 5.30. The smallest absolute Gasteiger partial charge is 0.225 e. The van der Waals surface area contributed by atoms with Gasteiger partial charge < -0.3 is 10.2 Å². The molecule has 0 saturated carbocycles.